The molecule has 61 heavy (non-hydrogen) atoms. The molecule has 290 valence electrons. The zero-order chi connectivity index (χ0) is 40.9. The highest BCUT2D eigenvalue weighted by atomic mass is 16.5. The van der Waals surface area contributed by atoms with Gasteiger partial charge in [-0.25, -0.2) is 19.9 Å². The summed E-state index contributed by atoms with van der Waals surface area (Å²) in [5.74, 6) is 2.65. The summed E-state index contributed by atoms with van der Waals surface area (Å²) in [6, 6.07) is 58.7. The highest BCUT2D eigenvalue weighted by Crippen LogP contribution is 2.39. The number of rotatable bonds is 8. The second-order valence-electron chi connectivity index (χ2n) is 14.7. The zero-order valence-corrected chi connectivity index (χ0v) is 32.5. The van der Waals surface area contributed by atoms with Crippen molar-refractivity contribution in [3.63, 3.8) is 0 Å². The molecule has 0 unspecified atom stereocenters. The van der Waals surface area contributed by atoms with Crippen LogP contribution >= 0.6 is 0 Å². The minimum Gasteiger partial charge on any atom is -0.457 e. The van der Waals surface area contributed by atoms with Gasteiger partial charge in [0, 0.05) is 56.5 Å². The van der Waals surface area contributed by atoms with E-state index in [1.165, 1.54) is 0 Å². The Morgan fingerprint density at radius 3 is 1.13 bits per heavy atom. The average molecular weight is 791 g/mol. The predicted octanol–water partition coefficient (Wildman–Crippen LogP) is 12.9. The first-order valence-electron chi connectivity index (χ1n) is 19.8. The van der Waals surface area contributed by atoms with Crippen molar-refractivity contribution in [3.05, 3.63) is 182 Å². The Bertz CT molecular complexity index is 3200. The van der Waals surface area contributed by atoms with Gasteiger partial charge in [0.2, 0.25) is 0 Å². The van der Waals surface area contributed by atoms with E-state index in [9.17, 15) is 0 Å². The predicted molar refractivity (Wildman–Crippen MR) is 244 cm³/mol. The Hall–Kier alpha value is -8.56. The molecule has 0 aliphatic rings. The molecule has 9 heteroatoms. The van der Waals surface area contributed by atoms with E-state index in [0.29, 0.717) is 45.4 Å². The summed E-state index contributed by atoms with van der Waals surface area (Å²) in [6.45, 7) is 0. The van der Waals surface area contributed by atoms with Gasteiger partial charge in [-0.1, -0.05) is 72.8 Å². The van der Waals surface area contributed by atoms with E-state index >= 15 is 0 Å². The van der Waals surface area contributed by atoms with Crippen LogP contribution in [0.25, 0.3) is 89.0 Å². The molecule has 3 heterocycles. The maximum atomic E-state index is 6.68. The number of ether oxygens (including phenoxy) is 2. The molecule has 0 saturated heterocycles. The lowest BCUT2D eigenvalue weighted by Crippen LogP contribution is -1.96. The fourth-order valence-electron chi connectivity index (χ4n) is 7.61. The van der Waals surface area contributed by atoms with E-state index in [-0.39, 0.29) is 0 Å². The summed E-state index contributed by atoms with van der Waals surface area (Å²) in [5.41, 5.74) is 24.1. The Kier molecular flexibility index (Phi) is 8.56. The van der Waals surface area contributed by atoms with Gasteiger partial charge in [0.1, 0.15) is 34.2 Å². The summed E-state index contributed by atoms with van der Waals surface area (Å²) in [7, 11) is 0. The minimum atomic E-state index is 0.645. The number of nitrogens with zero attached hydrogens (tertiary/aromatic N) is 4. The molecule has 9 nitrogen and oxygen atoms in total. The number of fused-ring (bicyclic) bond motifs is 5. The summed E-state index contributed by atoms with van der Waals surface area (Å²) >= 11 is 0. The molecule has 0 aliphatic heterocycles. The van der Waals surface area contributed by atoms with Crippen molar-refractivity contribution in [3.8, 4) is 68.0 Å². The van der Waals surface area contributed by atoms with E-state index in [2.05, 4.69) is 24.3 Å². The van der Waals surface area contributed by atoms with Crippen LogP contribution in [0.4, 0.5) is 11.4 Å². The number of benzene rings is 8. The van der Waals surface area contributed by atoms with E-state index in [4.69, 9.17) is 45.3 Å². The number of furan rings is 1. The topological polar surface area (TPSA) is 135 Å². The highest BCUT2D eigenvalue weighted by Gasteiger charge is 2.19. The molecular weight excluding hydrogens is 757 g/mol. The van der Waals surface area contributed by atoms with Crippen LogP contribution in [-0.4, -0.2) is 19.9 Å². The molecule has 0 saturated carbocycles. The molecule has 0 atom stereocenters. The normalized spacial score (nSPS) is 11.4. The van der Waals surface area contributed by atoms with Crippen LogP contribution in [0.1, 0.15) is 0 Å². The molecule has 0 amide bonds. The number of hydrogen-bond donors (Lipinski definition) is 2. The number of aromatic nitrogens is 4. The van der Waals surface area contributed by atoms with Crippen LogP contribution in [0.3, 0.4) is 0 Å². The second-order valence-corrected chi connectivity index (χ2v) is 14.7. The zero-order valence-electron chi connectivity index (χ0n) is 32.5. The van der Waals surface area contributed by atoms with Gasteiger partial charge in [0.15, 0.2) is 0 Å². The van der Waals surface area contributed by atoms with Gasteiger partial charge in [-0.05, 0) is 97.1 Å². The second kappa shape index (κ2) is 14.7. The third-order valence-corrected chi connectivity index (χ3v) is 10.6. The standard InChI is InChI=1S/C52H34N6O3/c53-35-13-17-37(18-14-35)59-39-21-25-43-45(29-39)57-51(49(55-43)31-7-3-1-4-8-31)33-11-23-41-42-24-12-34(28-48(42)61-47(41)27-33)52-50(32-9-5-2-6-10-32)56-44-26-22-40(30-46(44)58-52)60-38-19-15-36(54)16-20-38/h1-30H,53-54H2. The molecule has 0 spiro atoms. The minimum absolute atomic E-state index is 0.645. The SMILES string of the molecule is Nc1ccc(Oc2ccc3nc(-c4ccccc4)c(-c4ccc5c(c4)oc4cc(-c6nc7cc(Oc8ccc(N)cc8)ccc7nc6-c6ccccc6)ccc45)nc3c2)cc1. The number of nitrogen functional groups attached to an aromatic ring is 2. The molecule has 11 aromatic rings. The van der Waals surface area contributed by atoms with Gasteiger partial charge in [0.05, 0.1) is 44.8 Å². The van der Waals surface area contributed by atoms with Crippen LogP contribution in [-0.2, 0) is 0 Å². The lowest BCUT2D eigenvalue weighted by atomic mass is 10.0. The van der Waals surface area contributed by atoms with Gasteiger partial charge in [0.25, 0.3) is 0 Å². The quantitative estimate of drug-likeness (QED) is 0.144. The van der Waals surface area contributed by atoms with Crippen molar-refractivity contribution in [2.75, 3.05) is 11.5 Å². The van der Waals surface area contributed by atoms with Crippen molar-refractivity contribution in [1.82, 2.24) is 19.9 Å². The average Bonchev–Trinajstić information content (AvgIpc) is 3.67. The van der Waals surface area contributed by atoms with Gasteiger partial charge in [-0.15, -0.1) is 0 Å². The van der Waals surface area contributed by atoms with Gasteiger partial charge < -0.3 is 25.4 Å². The van der Waals surface area contributed by atoms with Crippen molar-refractivity contribution < 1.29 is 13.9 Å². The van der Waals surface area contributed by atoms with Gasteiger partial charge in [-0.3, -0.25) is 0 Å². The fourth-order valence-corrected chi connectivity index (χ4v) is 7.61. The van der Waals surface area contributed by atoms with E-state index in [1.807, 2.05) is 158 Å². The first kappa shape index (κ1) is 35.6. The summed E-state index contributed by atoms with van der Waals surface area (Å²) in [5, 5.41) is 1.97. The van der Waals surface area contributed by atoms with Crippen LogP contribution in [0, 0.1) is 0 Å². The van der Waals surface area contributed by atoms with E-state index in [0.717, 1.165) is 78.0 Å². The molecule has 11 rings (SSSR count). The third-order valence-electron chi connectivity index (χ3n) is 10.6. The molecule has 8 aromatic carbocycles. The van der Waals surface area contributed by atoms with Gasteiger partial charge >= 0.3 is 0 Å². The first-order valence-corrected chi connectivity index (χ1v) is 19.8. The third kappa shape index (κ3) is 6.85. The Labute approximate surface area is 349 Å². The van der Waals surface area contributed by atoms with Crippen molar-refractivity contribution in [2.24, 2.45) is 0 Å². The van der Waals surface area contributed by atoms with Gasteiger partial charge in [-0.2, -0.15) is 0 Å². The van der Waals surface area contributed by atoms with E-state index in [1.54, 1.807) is 0 Å². The van der Waals surface area contributed by atoms with Crippen LogP contribution in [0.15, 0.2) is 186 Å². The van der Waals surface area contributed by atoms with Crippen molar-refractivity contribution in [1.29, 1.82) is 0 Å². The molecule has 4 N–H and O–H groups in total. The Morgan fingerprint density at radius 2 is 0.705 bits per heavy atom. The highest BCUT2D eigenvalue weighted by molar-refractivity contribution is 6.07. The summed E-state index contributed by atoms with van der Waals surface area (Å²) in [4.78, 5) is 20.7. The summed E-state index contributed by atoms with van der Waals surface area (Å²) < 4.78 is 19.0. The van der Waals surface area contributed by atoms with Crippen LogP contribution in [0.2, 0.25) is 0 Å². The molecule has 0 bridgehead atoms. The maximum absolute atomic E-state index is 6.68. The van der Waals surface area contributed by atoms with Crippen LogP contribution in [0.5, 0.6) is 23.0 Å². The lowest BCUT2D eigenvalue weighted by molar-refractivity contribution is 0.483. The monoisotopic (exact) mass is 790 g/mol. The number of anilines is 2. The first-order chi connectivity index (χ1) is 30.0. The smallest absolute Gasteiger partial charge is 0.136 e. The van der Waals surface area contributed by atoms with Crippen molar-refractivity contribution in [2.45, 2.75) is 0 Å². The maximum Gasteiger partial charge on any atom is 0.136 e. The molecule has 0 fully saturated rings. The molecule has 0 aliphatic carbocycles. The van der Waals surface area contributed by atoms with E-state index < -0.39 is 0 Å². The van der Waals surface area contributed by atoms with Crippen LogP contribution < -0.4 is 20.9 Å². The number of hydrogen-bond acceptors (Lipinski definition) is 9. The Balaban J connectivity index is 1.01. The summed E-state index contributed by atoms with van der Waals surface area (Å²) in [6.07, 6.45) is 0. The largest absolute Gasteiger partial charge is 0.457 e. The molecule has 3 aromatic heterocycles. The molecular formula is C52H34N6O3. The molecule has 0 radical (unpaired) electrons. The lowest BCUT2D eigenvalue weighted by Gasteiger charge is -2.12. The Morgan fingerprint density at radius 1 is 0.328 bits per heavy atom. The fraction of sp³-hybridized carbons (Fsp3) is 0. The number of nitrogens with two attached hydrogens (primary N) is 2. The van der Waals surface area contributed by atoms with Crippen molar-refractivity contribution >= 4 is 55.4 Å².